The highest BCUT2D eigenvalue weighted by Crippen LogP contribution is 2.23. The van der Waals surface area contributed by atoms with Crippen LogP contribution in [0, 0.1) is 19.8 Å². The van der Waals surface area contributed by atoms with Gasteiger partial charge in [0.25, 0.3) is 5.91 Å². The van der Waals surface area contributed by atoms with E-state index in [4.69, 9.17) is 0 Å². The van der Waals surface area contributed by atoms with Crippen LogP contribution in [0.15, 0.2) is 55.1 Å². The highest BCUT2D eigenvalue weighted by atomic mass is 16.2. The zero-order valence-corrected chi connectivity index (χ0v) is 19.6. The molecule has 0 unspecified atom stereocenters. The highest BCUT2D eigenvalue weighted by molar-refractivity contribution is 5.95. The number of nitrogens with one attached hydrogen (secondary N) is 1. The lowest BCUT2D eigenvalue weighted by atomic mass is 9.95. The number of nitrogens with zero attached hydrogens (tertiary/aromatic N) is 6. The van der Waals surface area contributed by atoms with Gasteiger partial charge in [-0.15, -0.1) is 0 Å². The van der Waals surface area contributed by atoms with E-state index in [9.17, 15) is 4.79 Å². The minimum Gasteiger partial charge on any atom is -0.339 e. The molecule has 0 saturated carbocycles. The Labute approximate surface area is 199 Å². The molecule has 8 nitrogen and oxygen atoms in total. The number of likely N-dealkylation sites (tertiary alicyclic amines) is 1. The summed E-state index contributed by atoms with van der Waals surface area (Å²) in [6, 6.07) is 9.53. The summed E-state index contributed by atoms with van der Waals surface area (Å²) in [6.07, 6.45) is 11.6. The van der Waals surface area contributed by atoms with Gasteiger partial charge < -0.3 is 14.6 Å². The molecule has 5 rings (SSSR count). The number of aromatic nitrogens is 5. The molecule has 1 saturated heterocycles. The predicted octanol–water partition coefficient (Wildman–Crippen LogP) is 4.36. The summed E-state index contributed by atoms with van der Waals surface area (Å²) >= 11 is 0. The Morgan fingerprint density at radius 2 is 1.94 bits per heavy atom. The van der Waals surface area contributed by atoms with Crippen molar-refractivity contribution in [3.05, 3.63) is 77.8 Å². The standard InChI is InChI=1S/C26H29N7O/c1-18-13-19(2)30-26(29-18)31-22-7-3-6-21(15-22)25(34)32-10-4-5-20(8-11-32)14-23-17-33-12-9-27-24(33)16-28-23/h3,6-7,9,12-13,15-17,20H,4-5,8,10-11,14H2,1-2H3,(H,29,30,31)/t20-/m0/s1. The van der Waals surface area contributed by atoms with E-state index in [1.54, 1.807) is 6.20 Å². The molecule has 34 heavy (non-hydrogen) atoms. The van der Waals surface area contributed by atoms with Gasteiger partial charge in [0.1, 0.15) is 0 Å². The van der Waals surface area contributed by atoms with Gasteiger partial charge in [-0.25, -0.2) is 15.0 Å². The molecule has 1 amide bonds. The van der Waals surface area contributed by atoms with Crippen LogP contribution in [0.1, 0.15) is 46.7 Å². The molecular formula is C26H29N7O. The number of hydrogen-bond acceptors (Lipinski definition) is 6. The fourth-order valence-electron chi connectivity index (χ4n) is 4.67. The largest absolute Gasteiger partial charge is 0.339 e. The maximum absolute atomic E-state index is 13.3. The summed E-state index contributed by atoms with van der Waals surface area (Å²) < 4.78 is 2.01. The van der Waals surface area contributed by atoms with Crippen molar-refractivity contribution < 1.29 is 4.79 Å². The van der Waals surface area contributed by atoms with Gasteiger partial charge in [0.05, 0.1) is 11.9 Å². The van der Waals surface area contributed by atoms with Crippen molar-refractivity contribution in [2.75, 3.05) is 18.4 Å². The van der Waals surface area contributed by atoms with Gasteiger partial charge in [-0.3, -0.25) is 9.78 Å². The molecule has 0 spiro atoms. The van der Waals surface area contributed by atoms with Crippen LogP contribution in [-0.2, 0) is 6.42 Å². The molecule has 3 aromatic heterocycles. The molecule has 0 aliphatic carbocycles. The number of fused-ring (bicyclic) bond motifs is 1. The Balaban J connectivity index is 1.23. The smallest absolute Gasteiger partial charge is 0.253 e. The van der Waals surface area contributed by atoms with Crippen LogP contribution in [0.3, 0.4) is 0 Å². The molecule has 4 aromatic rings. The Kier molecular flexibility index (Phi) is 6.20. The molecule has 1 fully saturated rings. The monoisotopic (exact) mass is 455 g/mol. The maximum atomic E-state index is 13.3. The summed E-state index contributed by atoms with van der Waals surface area (Å²) in [5.41, 5.74) is 5.23. The van der Waals surface area contributed by atoms with E-state index < -0.39 is 0 Å². The first kappa shape index (κ1) is 22.0. The molecule has 8 heteroatoms. The van der Waals surface area contributed by atoms with Crippen LogP contribution < -0.4 is 5.32 Å². The Hall–Kier alpha value is -3.81. The number of benzene rings is 1. The van der Waals surface area contributed by atoms with Crippen molar-refractivity contribution in [2.45, 2.75) is 39.5 Å². The molecule has 0 radical (unpaired) electrons. The number of rotatable bonds is 5. The summed E-state index contributed by atoms with van der Waals surface area (Å²) in [5, 5.41) is 3.23. The Morgan fingerprint density at radius 1 is 1.09 bits per heavy atom. The van der Waals surface area contributed by atoms with E-state index in [1.807, 2.05) is 65.9 Å². The minimum absolute atomic E-state index is 0.0728. The second-order valence-corrected chi connectivity index (χ2v) is 9.04. The number of amides is 1. The average Bonchev–Trinajstić information content (AvgIpc) is 3.16. The van der Waals surface area contributed by atoms with E-state index >= 15 is 0 Å². The fourth-order valence-corrected chi connectivity index (χ4v) is 4.67. The van der Waals surface area contributed by atoms with Gasteiger partial charge >= 0.3 is 0 Å². The van der Waals surface area contributed by atoms with Gasteiger partial charge in [0.2, 0.25) is 5.95 Å². The topological polar surface area (TPSA) is 88.3 Å². The van der Waals surface area contributed by atoms with Crippen LogP contribution in [0.5, 0.6) is 0 Å². The molecule has 4 heterocycles. The number of carbonyl (C=O) groups excluding carboxylic acids is 1. The predicted molar refractivity (Wildman–Crippen MR) is 131 cm³/mol. The molecular weight excluding hydrogens is 426 g/mol. The zero-order chi connectivity index (χ0) is 23.5. The lowest BCUT2D eigenvalue weighted by molar-refractivity contribution is 0.0760. The first-order chi connectivity index (χ1) is 16.5. The molecule has 1 aliphatic rings. The fraction of sp³-hybridized carbons (Fsp3) is 0.346. The zero-order valence-electron chi connectivity index (χ0n) is 19.6. The van der Waals surface area contributed by atoms with E-state index in [0.29, 0.717) is 17.4 Å². The quantitative estimate of drug-likeness (QED) is 0.481. The van der Waals surface area contributed by atoms with E-state index in [-0.39, 0.29) is 5.91 Å². The normalized spacial score (nSPS) is 16.4. The van der Waals surface area contributed by atoms with Crippen LogP contribution >= 0.6 is 0 Å². The van der Waals surface area contributed by atoms with Crippen molar-refractivity contribution in [1.29, 1.82) is 0 Å². The minimum atomic E-state index is 0.0728. The van der Waals surface area contributed by atoms with Crippen LogP contribution in [0.25, 0.3) is 5.65 Å². The average molecular weight is 456 g/mol. The van der Waals surface area contributed by atoms with E-state index in [1.165, 1.54) is 0 Å². The number of hydrogen-bond donors (Lipinski definition) is 1. The molecule has 0 bridgehead atoms. The summed E-state index contributed by atoms with van der Waals surface area (Å²) in [6.45, 7) is 5.42. The number of carbonyl (C=O) groups is 1. The third-order valence-electron chi connectivity index (χ3n) is 6.31. The van der Waals surface area contributed by atoms with Gasteiger partial charge in [0.15, 0.2) is 5.65 Å². The lowest BCUT2D eigenvalue weighted by Crippen LogP contribution is -2.32. The van der Waals surface area contributed by atoms with Crippen LogP contribution in [0.2, 0.25) is 0 Å². The van der Waals surface area contributed by atoms with Gasteiger partial charge in [-0.2, -0.15) is 0 Å². The third kappa shape index (κ3) is 5.06. The summed E-state index contributed by atoms with van der Waals surface area (Å²) in [7, 11) is 0. The van der Waals surface area contributed by atoms with Crippen molar-refractivity contribution in [1.82, 2.24) is 29.2 Å². The Morgan fingerprint density at radius 3 is 2.79 bits per heavy atom. The van der Waals surface area contributed by atoms with Crippen molar-refractivity contribution >= 4 is 23.2 Å². The van der Waals surface area contributed by atoms with E-state index in [2.05, 4.69) is 31.4 Å². The van der Waals surface area contributed by atoms with Crippen molar-refractivity contribution in [3.8, 4) is 0 Å². The molecule has 1 atom stereocenters. The van der Waals surface area contributed by atoms with Crippen molar-refractivity contribution in [3.63, 3.8) is 0 Å². The van der Waals surface area contributed by atoms with Crippen LogP contribution in [0.4, 0.5) is 11.6 Å². The first-order valence-electron chi connectivity index (χ1n) is 11.8. The molecule has 174 valence electrons. The first-order valence-corrected chi connectivity index (χ1v) is 11.8. The number of anilines is 2. The Bertz CT molecular complexity index is 1300. The number of aryl methyl sites for hydroxylation is 2. The van der Waals surface area contributed by atoms with Gasteiger partial charge in [-0.05, 0) is 69.7 Å². The summed E-state index contributed by atoms with van der Waals surface area (Å²) in [5.74, 6) is 1.13. The van der Waals surface area contributed by atoms with Crippen LogP contribution in [-0.4, -0.2) is 48.2 Å². The molecule has 1 aromatic carbocycles. The number of imidazole rings is 1. The summed E-state index contributed by atoms with van der Waals surface area (Å²) in [4.78, 5) is 33.0. The lowest BCUT2D eigenvalue weighted by Gasteiger charge is -2.21. The molecule has 1 aliphatic heterocycles. The van der Waals surface area contributed by atoms with Gasteiger partial charge in [-0.1, -0.05) is 6.07 Å². The third-order valence-corrected chi connectivity index (χ3v) is 6.31. The van der Waals surface area contributed by atoms with Crippen molar-refractivity contribution in [2.24, 2.45) is 5.92 Å². The molecule has 1 N–H and O–H groups in total. The second kappa shape index (κ2) is 9.59. The highest BCUT2D eigenvalue weighted by Gasteiger charge is 2.22. The van der Waals surface area contributed by atoms with E-state index in [0.717, 1.165) is 67.2 Å². The van der Waals surface area contributed by atoms with Gasteiger partial charge in [0, 0.05) is 54.3 Å². The second-order valence-electron chi connectivity index (χ2n) is 9.04. The maximum Gasteiger partial charge on any atom is 0.253 e. The SMILES string of the molecule is Cc1cc(C)nc(Nc2cccc(C(=O)N3CCC[C@H](Cc4cn5ccnc5cn4)CC3)c2)n1.